The highest BCUT2D eigenvalue weighted by Gasteiger charge is 2.22. The Morgan fingerprint density at radius 2 is 2.11 bits per heavy atom. The number of fused-ring (bicyclic) bond motifs is 1. The zero-order valence-corrected chi connectivity index (χ0v) is 12.4. The lowest BCUT2D eigenvalue weighted by atomic mass is 10.1. The molecule has 1 atom stereocenters. The van der Waals surface area contributed by atoms with Crippen LogP contribution in [-0.2, 0) is 4.74 Å². The lowest BCUT2D eigenvalue weighted by Gasteiger charge is -2.33. The Morgan fingerprint density at radius 1 is 1.32 bits per heavy atom. The van der Waals surface area contributed by atoms with Crippen molar-refractivity contribution in [3.8, 4) is 0 Å². The van der Waals surface area contributed by atoms with Crippen molar-refractivity contribution in [3.63, 3.8) is 0 Å². The summed E-state index contributed by atoms with van der Waals surface area (Å²) in [4.78, 5) is 2.27. The summed E-state index contributed by atoms with van der Waals surface area (Å²) in [5.41, 5.74) is 0.977. The van der Waals surface area contributed by atoms with E-state index in [1.807, 2.05) is 13.0 Å². The van der Waals surface area contributed by atoms with Gasteiger partial charge in [0.1, 0.15) is 0 Å². The number of alkyl halides is 1. The molecule has 2 aromatic rings. The van der Waals surface area contributed by atoms with Crippen LogP contribution < -0.4 is 4.90 Å². The van der Waals surface area contributed by atoms with Crippen LogP contribution in [0, 0.1) is 6.92 Å². The average Bonchev–Trinajstić information content (AvgIpc) is 2.48. The van der Waals surface area contributed by atoms with E-state index in [1.165, 1.54) is 10.8 Å². The fraction of sp³-hybridized carbons (Fsp3) is 0.429. The normalized spacial score (nSPS) is 19.9. The summed E-state index contributed by atoms with van der Waals surface area (Å²) in [6.07, 6.45) is 0.218. The van der Waals surface area contributed by atoms with Crippen LogP contribution in [0.2, 0.25) is 0 Å². The first-order valence-corrected chi connectivity index (χ1v) is 7.56. The summed E-state index contributed by atoms with van der Waals surface area (Å²) in [7, 11) is 0. The van der Waals surface area contributed by atoms with E-state index in [1.54, 1.807) is 0 Å². The number of aryl methyl sites for hydroxylation is 1. The second-order valence-corrected chi connectivity index (χ2v) is 5.40. The van der Waals surface area contributed by atoms with Crippen molar-refractivity contribution in [2.45, 2.75) is 13.0 Å². The lowest BCUT2D eigenvalue weighted by Crippen LogP contribution is -2.43. The molecule has 1 aliphatic rings. The SMILES string of the molecule is Cc1nnc(N2CCOC(CBr)C2)c2ccccc12. The first kappa shape index (κ1) is 12.8. The summed E-state index contributed by atoms with van der Waals surface area (Å²) in [6.45, 7) is 4.46. The Kier molecular flexibility index (Phi) is 3.66. The summed E-state index contributed by atoms with van der Waals surface area (Å²) in [5.74, 6) is 0.968. The molecule has 0 amide bonds. The molecular formula is C14H16BrN3O. The van der Waals surface area contributed by atoms with E-state index in [9.17, 15) is 0 Å². The van der Waals surface area contributed by atoms with Crippen molar-refractivity contribution in [3.05, 3.63) is 30.0 Å². The van der Waals surface area contributed by atoms with Gasteiger partial charge in [-0.15, -0.1) is 5.10 Å². The van der Waals surface area contributed by atoms with Crippen LogP contribution in [0.1, 0.15) is 5.69 Å². The highest BCUT2D eigenvalue weighted by atomic mass is 79.9. The fourth-order valence-corrected chi connectivity index (χ4v) is 2.85. The molecule has 1 aromatic heterocycles. The Balaban J connectivity index is 2.03. The second-order valence-electron chi connectivity index (χ2n) is 4.75. The molecule has 1 saturated heterocycles. The van der Waals surface area contributed by atoms with Crippen LogP contribution in [0.25, 0.3) is 10.8 Å². The first-order chi connectivity index (χ1) is 9.29. The van der Waals surface area contributed by atoms with Crippen LogP contribution >= 0.6 is 15.9 Å². The molecule has 1 aromatic carbocycles. The van der Waals surface area contributed by atoms with Gasteiger partial charge in [-0.3, -0.25) is 0 Å². The van der Waals surface area contributed by atoms with Crippen LogP contribution in [0.5, 0.6) is 0 Å². The second kappa shape index (κ2) is 5.43. The van der Waals surface area contributed by atoms with Crippen LogP contribution in [-0.4, -0.2) is 41.3 Å². The van der Waals surface area contributed by atoms with Gasteiger partial charge in [0.25, 0.3) is 0 Å². The van der Waals surface area contributed by atoms with Crippen molar-refractivity contribution >= 4 is 32.5 Å². The zero-order valence-electron chi connectivity index (χ0n) is 10.8. The Hall–Kier alpha value is -1.20. The Morgan fingerprint density at radius 3 is 2.89 bits per heavy atom. The molecule has 0 radical (unpaired) electrons. The summed E-state index contributed by atoms with van der Waals surface area (Å²) in [5, 5.41) is 11.9. The van der Waals surface area contributed by atoms with E-state index in [0.717, 1.165) is 36.5 Å². The van der Waals surface area contributed by atoms with Crippen molar-refractivity contribution in [2.24, 2.45) is 0 Å². The van der Waals surface area contributed by atoms with Gasteiger partial charge in [-0.25, -0.2) is 0 Å². The highest BCUT2D eigenvalue weighted by Crippen LogP contribution is 2.26. The maximum absolute atomic E-state index is 5.68. The van der Waals surface area contributed by atoms with Gasteiger partial charge < -0.3 is 9.64 Å². The maximum Gasteiger partial charge on any atom is 0.159 e. The van der Waals surface area contributed by atoms with Gasteiger partial charge in [0.15, 0.2) is 5.82 Å². The van der Waals surface area contributed by atoms with E-state index in [2.05, 4.69) is 49.2 Å². The summed E-state index contributed by atoms with van der Waals surface area (Å²) >= 11 is 3.48. The standard InChI is InChI=1S/C14H16BrN3O/c1-10-12-4-2-3-5-13(12)14(17-16-10)18-6-7-19-11(8-15)9-18/h2-5,11H,6-9H2,1H3. The number of hydrogen-bond acceptors (Lipinski definition) is 4. The number of ether oxygens (including phenoxy) is 1. The predicted octanol–water partition coefficient (Wildman–Crippen LogP) is 2.54. The molecule has 1 aliphatic heterocycles. The third-order valence-corrected chi connectivity index (χ3v) is 4.19. The minimum atomic E-state index is 0.218. The molecule has 1 fully saturated rings. The number of hydrogen-bond donors (Lipinski definition) is 0. The summed E-state index contributed by atoms with van der Waals surface area (Å²) in [6, 6.07) is 8.31. The van der Waals surface area contributed by atoms with Gasteiger partial charge in [0, 0.05) is 29.2 Å². The van der Waals surface area contributed by atoms with Crippen molar-refractivity contribution in [1.82, 2.24) is 10.2 Å². The predicted molar refractivity (Wildman–Crippen MR) is 80.0 cm³/mol. The third-order valence-electron chi connectivity index (χ3n) is 3.46. The molecule has 100 valence electrons. The molecule has 0 aliphatic carbocycles. The minimum absolute atomic E-state index is 0.218. The molecule has 4 nitrogen and oxygen atoms in total. The van der Waals surface area contributed by atoms with Crippen LogP contribution in [0.3, 0.4) is 0 Å². The van der Waals surface area contributed by atoms with Crippen molar-refractivity contribution in [1.29, 1.82) is 0 Å². The molecule has 5 heteroatoms. The highest BCUT2D eigenvalue weighted by molar-refractivity contribution is 9.09. The number of nitrogens with zero attached hydrogens (tertiary/aromatic N) is 3. The Bertz CT molecular complexity index is 590. The molecule has 0 saturated carbocycles. The molecule has 3 rings (SSSR count). The van der Waals surface area contributed by atoms with E-state index in [4.69, 9.17) is 4.74 Å². The average molecular weight is 322 g/mol. The fourth-order valence-electron chi connectivity index (χ4n) is 2.46. The number of aromatic nitrogens is 2. The van der Waals surface area contributed by atoms with E-state index in [0.29, 0.717) is 0 Å². The van der Waals surface area contributed by atoms with Gasteiger partial charge in [-0.2, -0.15) is 5.10 Å². The maximum atomic E-state index is 5.68. The molecular weight excluding hydrogens is 306 g/mol. The van der Waals surface area contributed by atoms with Crippen LogP contribution in [0.4, 0.5) is 5.82 Å². The number of rotatable bonds is 2. The minimum Gasteiger partial charge on any atom is -0.374 e. The molecule has 0 spiro atoms. The van der Waals surface area contributed by atoms with E-state index >= 15 is 0 Å². The van der Waals surface area contributed by atoms with Crippen molar-refractivity contribution in [2.75, 3.05) is 29.9 Å². The molecule has 1 unspecified atom stereocenters. The van der Waals surface area contributed by atoms with E-state index < -0.39 is 0 Å². The molecule has 0 N–H and O–H groups in total. The smallest absolute Gasteiger partial charge is 0.159 e. The Labute approximate surface area is 120 Å². The van der Waals surface area contributed by atoms with Gasteiger partial charge in [0.05, 0.1) is 18.4 Å². The van der Waals surface area contributed by atoms with Gasteiger partial charge in [0.2, 0.25) is 0 Å². The van der Waals surface area contributed by atoms with Gasteiger partial charge in [-0.1, -0.05) is 40.2 Å². The quantitative estimate of drug-likeness (QED) is 0.797. The number of morpholine rings is 1. The van der Waals surface area contributed by atoms with E-state index in [-0.39, 0.29) is 6.10 Å². The largest absolute Gasteiger partial charge is 0.374 e. The first-order valence-electron chi connectivity index (χ1n) is 6.44. The monoisotopic (exact) mass is 321 g/mol. The van der Waals surface area contributed by atoms with Gasteiger partial charge in [-0.05, 0) is 6.92 Å². The van der Waals surface area contributed by atoms with Gasteiger partial charge >= 0.3 is 0 Å². The number of halogens is 1. The third kappa shape index (κ3) is 2.44. The molecule has 19 heavy (non-hydrogen) atoms. The number of benzene rings is 1. The number of anilines is 1. The van der Waals surface area contributed by atoms with Crippen molar-refractivity contribution < 1.29 is 4.74 Å². The van der Waals surface area contributed by atoms with Crippen LogP contribution in [0.15, 0.2) is 24.3 Å². The zero-order chi connectivity index (χ0) is 13.2. The molecule has 2 heterocycles. The topological polar surface area (TPSA) is 38.2 Å². The molecule has 0 bridgehead atoms. The summed E-state index contributed by atoms with van der Waals surface area (Å²) < 4.78 is 5.68. The lowest BCUT2D eigenvalue weighted by molar-refractivity contribution is 0.0568.